The van der Waals surface area contributed by atoms with Gasteiger partial charge >= 0.3 is 0 Å². The van der Waals surface area contributed by atoms with Gasteiger partial charge in [0.05, 0.1) is 0 Å². The van der Waals surface area contributed by atoms with Gasteiger partial charge in [-0.05, 0) is 0 Å². The lowest BCUT2D eigenvalue weighted by Crippen LogP contribution is -2.16. The molecule has 0 aliphatic carbocycles. The van der Waals surface area contributed by atoms with Crippen LogP contribution in [0.3, 0.4) is 0 Å². The molecule has 0 atom stereocenters. The van der Waals surface area contributed by atoms with Crippen molar-refractivity contribution in [2.24, 2.45) is 0 Å². The molecule has 8 heavy (non-hydrogen) atoms. The predicted molar refractivity (Wildman–Crippen MR) is 26.9 cm³/mol. The first-order chi connectivity index (χ1) is 3.83. The molecule has 0 spiro atoms. The Morgan fingerprint density at radius 1 is 1.88 bits per heavy atom. The third-order valence-corrected chi connectivity index (χ3v) is 0.957. The fourth-order valence-electron chi connectivity index (χ4n) is 0.546. The molecule has 1 heterocycles. The Kier molecular flexibility index (Phi) is 1.04. The van der Waals surface area contributed by atoms with Crippen LogP contribution in [0.25, 0.3) is 0 Å². The van der Waals surface area contributed by atoms with Gasteiger partial charge in [-0.1, -0.05) is 0 Å². The van der Waals surface area contributed by atoms with Crippen molar-refractivity contribution >= 4 is 6.21 Å². The maximum absolute atomic E-state index is 10.3. The molecule has 0 radical (unpaired) electrons. The molecule has 0 N–H and O–H groups in total. The monoisotopic (exact) mass is 111 g/mol. The van der Waals surface area contributed by atoms with Crippen LogP contribution in [0.4, 0.5) is 0 Å². The topological polar surface area (TPSA) is 53.1 Å². The molecule has 0 aromatic carbocycles. The van der Waals surface area contributed by atoms with E-state index in [0.717, 1.165) is 4.74 Å². The van der Waals surface area contributed by atoms with E-state index in [1.165, 1.54) is 11.1 Å². The average molecular weight is 111 g/mol. The summed E-state index contributed by atoms with van der Waals surface area (Å²) in [6.45, 7) is 0.649. The van der Waals surface area contributed by atoms with Crippen LogP contribution >= 0.6 is 0 Å². The summed E-state index contributed by atoms with van der Waals surface area (Å²) in [4.78, 5) is 1.37. The lowest BCUT2D eigenvalue weighted by Gasteiger charge is -1.99. The van der Waals surface area contributed by atoms with Gasteiger partial charge in [0.2, 0.25) is 6.67 Å². The van der Waals surface area contributed by atoms with E-state index in [1.54, 1.807) is 0 Å². The van der Waals surface area contributed by atoms with Crippen LogP contribution in [-0.2, 0) is 0 Å². The lowest BCUT2D eigenvalue weighted by molar-refractivity contribution is -0.459. The minimum Gasteiger partial charge on any atom is -0.623 e. The third kappa shape index (κ3) is 0.706. The molecular weight excluding hydrogens is 106 g/mol. The van der Waals surface area contributed by atoms with Crippen LogP contribution in [0.15, 0.2) is 0 Å². The van der Waals surface area contributed by atoms with E-state index in [4.69, 9.17) is 5.26 Å². The number of rotatable bonds is 0. The smallest absolute Gasteiger partial charge is 0.237 e. The summed E-state index contributed by atoms with van der Waals surface area (Å²) in [5, 5.41) is 18.5. The van der Waals surface area contributed by atoms with Crippen molar-refractivity contribution < 1.29 is 4.74 Å². The second kappa shape index (κ2) is 1.70. The van der Waals surface area contributed by atoms with Gasteiger partial charge in [-0.25, -0.2) is 4.90 Å². The lowest BCUT2D eigenvalue weighted by atomic mass is 10.7. The molecule has 0 aromatic heterocycles. The number of hydroxylamine groups is 1. The van der Waals surface area contributed by atoms with Crippen molar-refractivity contribution in [2.45, 2.75) is 0 Å². The molecular formula is C4H5N3O. The first-order valence-electron chi connectivity index (χ1n) is 2.24. The normalized spacial score (nSPS) is 17.9. The zero-order valence-electron chi connectivity index (χ0n) is 4.24. The van der Waals surface area contributed by atoms with E-state index >= 15 is 0 Å². The molecule has 4 heteroatoms. The molecule has 4 nitrogen and oxygen atoms in total. The summed E-state index contributed by atoms with van der Waals surface area (Å²) in [5.74, 6) is 0. The fourth-order valence-corrected chi connectivity index (χ4v) is 0.546. The van der Waals surface area contributed by atoms with Crippen molar-refractivity contribution in [1.82, 2.24) is 4.90 Å². The zero-order valence-corrected chi connectivity index (χ0v) is 4.24. The molecule has 1 rings (SSSR count). The molecule has 1 aliphatic heterocycles. The molecule has 0 saturated carbocycles. The van der Waals surface area contributed by atoms with Gasteiger partial charge in [-0.15, -0.1) is 0 Å². The maximum Gasteiger partial charge on any atom is 0.237 e. The van der Waals surface area contributed by atoms with Gasteiger partial charge in [0.15, 0.2) is 12.4 Å². The Bertz CT molecular complexity index is 157. The van der Waals surface area contributed by atoms with Crippen molar-refractivity contribution in [3.63, 3.8) is 0 Å². The quantitative estimate of drug-likeness (QED) is 0.236. The largest absolute Gasteiger partial charge is 0.623 e. The minimum atomic E-state index is 0.191. The van der Waals surface area contributed by atoms with E-state index in [0.29, 0.717) is 6.54 Å². The second-order valence-corrected chi connectivity index (χ2v) is 1.56. The van der Waals surface area contributed by atoms with Crippen molar-refractivity contribution in [3.8, 4) is 6.19 Å². The first kappa shape index (κ1) is 4.91. The van der Waals surface area contributed by atoms with Crippen molar-refractivity contribution in [2.75, 3.05) is 13.2 Å². The molecule has 0 fully saturated rings. The summed E-state index contributed by atoms with van der Waals surface area (Å²) >= 11 is 0. The zero-order chi connectivity index (χ0) is 5.98. The summed E-state index contributed by atoms with van der Waals surface area (Å²) in [7, 11) is 0. The number of hydrogen-bond donors (Lipinski definition) is 0. The summed E-state index contributed by atoms with van der Waals surface area (Å²) in [6.07, 6.45) is 3.29. The highest BCUT2D eigenvalue weighted by atomic mass is 16.5. The highest BCUT2D eigenvalue weighted by Crippen LogP contribution is 1.88. The van der Waals surface area contributed by atoms with E-state index in [2.05, 4.69) is 0 Å². The molecule has 0 bridgehead atoms. The van der Waals surface area contributed by atoms with Gasteiger partial charge in [0, 0.05) is 0 Å². The molecule has 1 aliphatic rings. The van der Waals surface area contributed by atoms with Crippen LogP contribution < -0.4 is 0 Å². The molecule has 0 amide bonds. The molecule has 0 unspecified atom stereocenters. The van der Waals surface area contributed by atoms with E-state index in [-0.39, 0.29) is 6.67 Å². The van der Waals surface area contributed by atoms with Gasteiger partial charge < -0.3 is 5.21 Å². The summed E-state index contributed by atoms with van der Waals surface area (Å²) < 4.78 is 0.739. The van der Waals surface area contributed by atoms with E-state index in [1.807, 2.05) is 6.19 Å². The van der Waals surface area contributed by atoms with E-state index in [9.17, 15) is 5.21 Å². The molecule has 0 saturated heterocycles. The Labute approximate surface area is 46.8 Å². The highest BCUT2D eigenvalue weighted by Gasteiger charge is 2.11. The SMILES string of the molecule is N#CN1CC=[N+]([O-])C1. The minimum absolute atomic E-state index is 0.191. The van der Waals surface area contributed by atoms with Crippen LogP contribution in [0, 0.1) is 16.7 Å². The summed E-state index contributed by atoms with van der Waals surface area (Å²) in [6, 6.07) is 0. The number of hydrogen-bond acceptors (Lipinski definition) is 3. The third-order valence-electron chi connectivity index (χ3n) is 0.957. The van der Waals surface area contributed by atoms with Gasteiger partial charge in [-0.3, -0.25) is 0 Å². The highest BCUT2D eigenvalue weighted by molar-refractivity contribution is 5.55. The fraction of sp³-hybridized carbons (Fsp3) is 0.500. The Morgan fingerprint density at radius 2 is 2.62 bits per heavy atom. The number of nitrogens with zero attached hydrogens (tertiary/aromatic N) is 3. The van der Waals surface area contributed by atoms with Gasteiger partial charge in [0.1, 0.15) is 6.54 Å². The van der Waals surface area contributed by atoms with Crippen LogP contribution in [0.2, 0.25) is 0 Å². The van der Waals surface area contributed by atoms with Crippen molar-refractivity contribution in [3.05, 3.63) is 5.21 Å². The standard InChI is InChI=1S/C4H5N3O/c5-3-6-1-2-7(8)4-6/h2H,1,4H2. The van der Waals surface area contributed by atoms with Crippen LogP contribution in [0.5, 0.6) is 0 Å². The Hall–Kier alpha value is -1.24. The van der Waals surface area contributed by atoms with Gasteiger partial charge in [-0.2, -0.15) is 10.0 Å². The Balaban J connectivity index is 2.47. The predicted octanol–water partition coefficient (Wildman–Crippen LogP) is -0.678. The molecule has 0 aromatic rings. The first-order valence-corrected chi connectivity index (χ1v) is 2.24. The maximum atomic E-state index is 10.3. The van der Waals surface area contributed by atoms with Crippen LogP contribution in [-0.4, -0.2) is 29.1 Å². The Morgan fingerprint density at radius 3 is 2.88 bits per heavy atom. The second-order valence-electron chi connectivity index (χ2n) is 1.56. The number of nitriles is 1. The molecule has 42 valence electrons. The summed E-state index contributed by atoms with van der Waals surface area (Å²) in [5.41, 5.74) is 0. The van der Waals surface area contributed by atoms with Crippen LogP contribution in [0.1, 0.15) is 0 Å². The van der Waals surface area contributed by atoms with Crippen molar-refractivity contribution in [1.29, 1.82) is 5.26 Å². The average Bonchev–Trinajstić information content (AvgIpc) is 2.14. The van der Waals surface area contributed by atoms with E-state index < -0.39 is 0 Å². The van der Waals surface area contributed by atoms with Gasteiger partial charge in [0.25, 0.3) is 0 Å².